The number of aromatic amines is 1. The second-order valence-electron chi connectivity index (χ2n) is 9.34. The number of aryl methyl sites for hydroxylation is 1. The van der Waals surface area contributed by atoms with E-state index in [9.17, 15) is 4.79 Å². The van der Waals surface area contributed by atoms with Gasteiger partial charge in [-0.25, -0.2) is 10.1 Å². The van der Waals surface area contributed by atoms with E-state index in [4.69, 9.17) is 4.74 Å². The number of carbonyl (C=O) groups excluding carboxylic acids is 1. The van der Waals surface area contributed by atoms with Crippen molar-refractivity contribution < 1.29 is 9.53 Å². The molecule has 2 heterocycles. The Bertz CT molecular complexity index is 1340. The van der Waals surface area contributed by atoms with Crippen LogP contribution in [-0.2, 0) is 0 Å². The van der Waals surface area contributed by atoms with E-state index in [-0.39, 0.29) is 5.91 Å². The van der Waals surface area contributed by atoms with Crippen molar-refractivity contribution >= 4 is 12.1 Å². The number of para-hydroxylation sites is 1. The molecule has 0 saturated carbocycles. The number of ether oxygens (including phenoxy) is 1. The fourth-order valence-corrected chi connectivity index (χ4v) is 4.26. The maximum atomic E-state index is 12.6. The number of carbonyl (C=O) groups is 1. The maximum Gasteiger partial charge on any atom is 0.289 e. The number of benzene rings is 2. The molecule has 0 saturated heterocycles. The lowest BCUT2D eigenvalue weighted by Crippen LogP contribution is -2.18. The Kier molecular flexibility index (Phi) is 9.45. The molecule has 0 radical (unpaired) electrons. The summed E-state index contributed by atoms with van der Waals surface area (Å²) in [6.45, 7) is 6.85. The largest absolute Gasteiger partial charge is 0.494 e. The van der Waals surface area contributed by atoms with Crippen molar-refractivity contribution in [3.05, 3.63) is 83.3 Å². The third-order valence-corrected chi connectivity index (χ3v) is 6.45. The third-order valence-electron chi connectivity index (χ3n) is 6.45. The molecule has 4 aromatic rings. The standard InChI is InChI=1S/C30H36N6O2/c1-4-5-6-7-8-12-19-38-26-17-15-24(16-18-26)28-20-29(33-32-28)30(37)34-31-21-27-22(2)35-36(23(27)3)25-13-10-9-11-14-25/h9-11,13-18,20-21H,4-8,12,19H2,1-3H3,(H,32,33)(H,34,37). The summed E-state index contributed by atoms with van der Waals surface area (Å²) in [5, 5.41) is 15.8. The van der Waals surface area contributed by atoms with E-state index in [0.29, 0.717) is 11.4 Å². The van der Waals surface area contributed by atoms with Crippen LogP contribution in [0, 0.1) is 13.8 Å². The number of hydrogen-bond acceptors (Lipinski definition) is 5. The molecule has 0 aliphatic rings. The highest BCUT2D eigenvalue weighted by molar-refractivity contribution is 5.94. The monoisotopic (exact) mass is 512 g/mol. The molecule has 0 fully saturated rings. The number of H-pyrrole nitrogens is 1. The first kappa shape index (κ1) is 26.9. The summed E-state index contributed by atoms with van der Waals surface area (Å²) in [6.07, 6.45) is 9.05. The Balaban J connectivity index is 1.29. The normalized spacial score (nSPS) is 11.2. The number of rotatable bonds is 13. The van der Waals surface area contributed by atoms with Gasteiger partial charge in [-0.05, 0) is 62.7 Å². The number of nitrogens with zero attached hydrogens (tertiary/aromatic N) is 4. The topological polar surface area (TPSA) is 97.2 Å². The number of unbranched alkanes of at least 4 members (excludes halogenated alkanes) is 5. The van der Waals surface area contributed by atoms with Gasteiger partial charge in [0.15, 0.2) is 0 Å². The molecular weight excluding hydrogens is 476 g/mol. The number of nitrogens with one attached hydrogen (secondary N) is 2. The Morgan fingerprint density at radius 3 is 2.53 bits per heavy atom. The highest BCUT2D eigenvalue weighted by Crippen LogP contribution is 2.22. The average molecular weight is 513 g/mol. The van der Waals surface area contributed by atoms with Gasteiger partial charge < -0.3 is 4.74 Å². The Morgan fingerprint density at radius 2 is 1.76 bits per heavy atom. The SMILES string of the molecule is CCCCCCCCOc1ccc(-c2cc(C(=O)NN=Cc3c(C)nn(-c4ccccc4)c3C)[nH]n2)cc1. The summed E-state index contributed by atoms with van der Waals surface area (Å²) in [5.41, 5.74) is 8.07. The minimum absolute atomic E-state index is 0.328. The zero-order valence-corrected chi connectivity index (χ0v) is 22.4. The molecule has 2 aromatic carbocycles. The fourth-order valence-electron chi connectivity index (χ4n) is 4.26. The van der Waals surface area contributed by atoms with Gasteiger partial charge in [-0.1, -0.05) is 57.2 Å². The van der Waals surface area contributed by atoms with Gasteiger partial charge in [0.25, 0.3) is 5.91 Å². The van der Waals surface area contributed by atoms with Gasteiger partial charge in [0, 0.05) is 11.1 Å². The highest BCUT2D eigenvalue weighted by Gasteiger charge is 2.13. The van der Waals surface area contributed by atoms with Gasteiger partial charge in [0.2, 0.25) is 0 Å². The van der Waals surface area contributed by atoms with Crippen LogP contribution in [0.15, 0.2) is 65.8 Å². The summed E-state index contributed by atoms with van der Waals surface area (Å²) in [7, 11) is 0. The summed E-state index contributed by atoms with van der Waals surface area (Å²) in [5.74, 6) is 0.468. The van der Waals surface area contributed by atoms with E-state index in [1.165, 1.54) is 32.1 Å². The van der Waals surface area contributed by atoms with Crippen molar-refractivity contribution in [3.63, 3.8) is 0 Å². The molecule has 8 nitrogen and oxygen atoms in total. The number of amides is 1. The summed E-state index contributed by atoms with van der Waals surface area (Å²) in [6, 6.07) is 19.4. The van der Waals surface area contributed by atoms with Gasteiger partial charge in [0.1, 0.15) is 11.4 Å². The summed E-state index contributed by atoms with van der Waals surface area (Å²) in [4.78, 5) is 12.6. The molecule has 0 aliphatic carbocycles. The molecular formula is C30H36N6O2. The Labute approximate surface area is 224 Å². The zero-order valence-electron chi connectivity index (χ0n) is 22.4. The van der Waals surface area contributed by atoms with Crippen molar-refractivity contribution in [1.82, 2.24) is 25.4 Å². The first-order valence-electron chi connectivity index (χ1n) is 13.3. The fraction of sp³-hybridized carbons (Fsp3) is 0.333. The number of aromatic nitrogens is 4. The van der Waals surface area contributed by atoms with Crippen LogP contribution in [0.1, 0.15) is 72.9 Å². The Morgan fingerprint density at radius 1 is 1.03 bits per heavy atom. The van der Waals surface area contributed by atoms with Crippen LogP contribution in [0.2, 0.25) is 0 Å². The molecule has 0 spiro atoms. The molecule has 1 amide bonds. The quantitative estimate of drug-likeness (QED) is 0.123. The summed E-state index contributed by atoms with van der Waals surface area (Å²) < 4.78 is 7.72. The van der Waals surface area contributed by atoms with Crippen LogP contribution in [0.5, 0.6) is 5.75 Å². The Hall–Kier alpha value is -4.20. The minimum Gasteiger partial charge on any atom is -0.494 e. The van der Waals surface area contributed by atoms with Crippen LogP contribution in [0.4, 0.5) is 0 Å². The van der Waals surface area contributed by atoms with E-state index < -0.39 is 0 Å². The lowest BCUT2D eigenvalue weighted by atomic mass is 10.1. The van der Waals surface area contributed by atoms with Crippen molar-refractivity contribution in [3.8, 4) is 22.7 Å². The average Bonchev–Trinajstić information content (AvgIpc) is 3.54. The molecule has 0 aliphatic heterocycles. The van der Waals surface area contributed by atoms with Crippen LogP contribution in [-0.4, -0.2) is 38.7 Å². The maximum absolute atomic E-state index is 12.6. The van der Waals surface area contributed by atoms with Crippen molar-refractivity contribution in [2.45, 2.75) is 59.3 Å². The molecule has 8 heteroatoms. The molecule has 2 aromatic heterocycles. The van der Waals surface area contributed by atoms with E-state index in [1.807, 2.05) is 73.1 Å². The predicted molar refractivity (Wildman–Crippen MR) is 151 cm³/mol. The van der Waals surface area contributed by atoms with Crippen LogP contribution >= 0.6 is 0 Å². The minimum atomic E-state index is -0.371. The van der Waals surface area contributed by atoms with Crippen molar-refractivity contribution in [2.75, 3.05) is 6.61 Å². The molecule has 38 heavy (non-hydrogen) atoms. The molecule has 0 bridgehead atoms. The van der Waals surface area contributed by atoms with Gasteiger partial charge in [0.05, 0.1) is 35.6 Å². The van der Waals surface area contributed by atoms with Gasteiger partial charge in [-0.15, -0.1) is 0 Å². The van der Waals surface area contributed by atoms with Gasteiger partial charge in [-0.3, -0.25) is 9.89 Å². The second-order valence-corrected chi connectivity index (χ2v) is 9.34. The molecule has 0 unspecified atom stereocenters. The van der Waals surface area contributed by atoms with E-state index in [1.54, 1.807) is 12.3 Å². The van der Waals surface area contributed by atoms with E-state index in [0.717, 1.165) is 47.0 Å². The van der Waals surface area contributed by atoms with Gasteiger partial charge >= 0.3 is 0 Å². The van der Waals surface area contributed by atoms with Crippen LogP contribution < -0.4 is 10.2 Å². The smallest absolute Gasteiger partial charge is 0.289 e. The highest BCUT2D eigenvalue weighted by atomic mass is 16.5. The summed E-state index contributed by atoms with van der Waals surface area (Å²) >= 11 is 0. The molecule has 2 N–H and O–H groups in total. The first-order chi connectivity index (χ1) is 18.6. The van der Waals surface area contributed by atoms with Crippen molar-refractivity contribution in [1.29, 1.82) is 0 Å². The lowest BCUT2D eigenvalue weighted by Gasteiger charge is -2.06. The predicted octanol–water partition coefficient (Wildman–Crippen LogP) is 6.38. The van der Waals surface area contributed by atoms with E-state index >= 15 is 0 Å². The molecule has 198 valence electrons. The van der Waals surface area contributed by atoms with E-state index in [2.05, 4.69) is 32.7 Å². The third kappa shape index (κ3) is 6.97. The number of hydrogen-bond donors (Lipinski definition) is 2. The van der Waals surface area contributed by atoms with Gasteiger partial charge in [-0.2, -0.15) is 15.3 Å². The molecule has 0 atom stereocenters. The second kappa shape index (κ2) is 13.4. The van der Waals surface area contributed by atoms with Crippen molar-refractivity contribution in [2.24, 2.45) is 5.10 Å². The van der Waals surface area contributed by atoms with Crippen LogP contribution in [0.3, 0.4) is 0 Å². The van der Waals surface area contributed by atoms with Crippen LogP contribution in [0.25, 0.3) is 16.9 Å². The number of hydrazone groups is 1. The molecule has 4 rings (SSSR count). The lowest BCUT2D eigenvalue weighted by molar-refractivity contribution is 0.0950. The first-order valence-corrected chi connectivity index (χ1v) is 13.3. The zero-order chi connectivity index (χ0) is 26.7.